The van der Waals surface area contributed by atoms with E-state index in [-0.39, 0.29) is 0 Å². The molecule has 0 heterocycles. The van der Waals surface area contributed by atoms with Gasteiger partial charge in [-0.25, -0.2) is 0 Å². The number of likely N-dealkylation sites (N-methyl/N-ethyl adjacent to an activating group) is 1. The molecule has 1 unspecified atom stereocenters. The van der Waals surface area contributed by atoms with E-state index in [2.05, 4.69) is 11.8 Å². The standard InChI is InChI=1S/C13H26N2/c1-2-15(10-11-7-8-11)13(9-14)12-5-3-4-6-12/h11-13H,2-10,14H2,1H3. The molecule has 2 nitrogen and oxygen atoms in total. The van der Waals surface area contributed by atoms with Crippen molar-refractivity contribution in [1.82, 2.24) is 4.90 Å². The Kier molecular flexibility index (Phi) is 4.04. The Morgan fingerprint density at radius 1 is 1.20 bits per heavy atom. The van der Waals surface area contributed by atoms with Crippen molar-refractivity contribution >= 4 is 0 Å². The predicted molar refractivity (Wildman–Crippen MR) is 64.8 cm³/mol. The zero-order valence-corrected chi connectivity index (χ0v) is 10.1. The first-order chi connectivity index (χ1) is 7.35. The van der Waals surface area contributed by atoms with E-state index in [9.17, 15) is 0 Å². The Morgan fingerprint density at radius 2 is 1.87 bits per heavy atom. The lowest BCUT2D eigenvalue weighted by atomic mass is 9.96. The molecule has 2 N–H and O–H groups in total. The molecule has 0 amide bonds. The summed E-state index contributed by atoms with van der Waals surface area (Å²) >= 11 is 0. The zero-order chi connectivity index (χ0) is 10.7. The van der Waals surface area contributed by atoms with Gasteiger partial charge in [0.1, 0.15) is 0 Å². The summed E-state index contributed by atoms with van der Waals surface area (Å²) in [7, 11) is 0. The van der Waals surface area contributed by atoms with Gasteiger partial charge in [-0.05, 0) is 44.1 Å². The van der Waals surface area contributed by atoms with Gasteiger partial charge < -0.3 is 5.73 Å². The van der Waals surface area contributed by atoms with Crippen LogP contribution < -0.4 is 5.73 Å². The van der Waals surface area contributed by atoms with E-state index >= 15 is 0 Å². The van der Waals surface area contributed by atoms with E-state index in [0.717, 1.165) is 18.4 Å². The van der Waals surface area contributed by atoms with Crippen LogP contribution in [0, 0.1) is 11.8 Å². The fourth-order valence-electron chi connectivity index (χ4n) is 3.11. The monoisotopic (exact) mass is 210 g/mol. The van der Waals surface area contributed by atoms with Crippen molar-refractivity contribution < 1.29 is 0 Å². The number of hydrogen-bond donors (Lipinski definition) is 1. The van der Waals surface area contributed by atoms with Crippen molar-refractivity contribution in [2.75, 3.05) is 19.6 Å². The molecule has 0 aromatic carbocycles. The first kappa shape index (κ1) is 11.4. The van der Waals surface area contributed by atoms with Crippen LogP contribution >= 0.6 is 0 Å². The highest BCUT2D eigenvalue weighted by atomic mass is 15.2. The van der Waals surface area contributed by atoms with Crippen molar-refractivity contribution in [2.45, 2.75) is 51.5 Å². The van der Waals surface area contributed by atoms with Crippen molar-refractivity contribution in [3.63, 3.8) is 0 Å². The van der Waals surface area contributed by atoms with Crippen LogP contribution in [0.3, 0.4) is 0 Å². The molecule has 2 rings (SSSR count). The lowest BCUT2D eigenvalue weighted by Crippen LogP contribution is -2.45. The van der Waals surface area contributed by atoms with Crippen molar-refractivity contribution in [2.24, 2.45) is 17.6 Å². The van der Waals surface area contributed by atoms with Crippen molar-refractivity contribution in [3.8, 4) is 0 Å². The van der Waals surface area contributed by atoms with Gasteiger partial charge in [-0.2, -0.15) is 0 Å². The maximum atomic E-state index is 5.98. The molecule has 0 aromatic rings. The van der Waals surface area contributed by atoms with Crippen LogP contribution in [0.25, 0.3) is 0 Å². The molecule has 0 aromatic heterocycles. The van der Waals surface area contributed by atoms with E-state index in [0.29, 0.717) is 6.04 Å². The molecule has 0 spiro atoms. The van der Waals surface area contributed by atoms with Gasteiger partial charge in [0.15, 0.2) is 0 Å². The molecule has 2 heteroatoms. The Hall–Kier alpha value is -0.0800. The second kappa shape index (κ2) is 5.31. The molecule has 0 bridgehead atoms. The minimum Gasteiger partial charge on any atom is -0.329 e. The van der Waals surface area contributed by atoms with Crippen LogP contribution in [0.4, 0.5) is 0 Å². The van der Waals surface area contributed by atoms with Gasteiger partial charge in [-0.3, -0.25) is 4.90 Å². The molecule has 0 aliphatic heterocycles. The maximum absolute atomic E-state index is 5.98. The van der Waals surface area contributed by atoms with Crippen LogP contribution in [-0.4, -0.2) is 30.6 Å². The third-order valence-electron chi connectivity index (χ3n) is 4.25. The summed E-state index contributed by atoms with van der Waals surface area (Å²) in [6, 6.07) is 0.679. The summed E-state index contributed by atoms with van der Waals surface area (Å²) in [5, 5.41) is 0. The molecule has 2 fully saturated rings. The summed E-state index contributed by atoms with van der Waals surface area (Å²) in [6.45, 7) is 5.66. The summed E-state index contributed by atoms with van der Waals surface area (Å²) < 4.78 is 0. The third-order valence-corrected chi connectivity index (χ3v) is 4.25. The molecular formula is C13H26N2. The smallest absolute Gasteiger partial charge is 0.0246 e. The summed E-state index contributed by atoms with van der Waals surface area (Å²) in [6.07, 6.45) is 8.62. The van der Waals surface area contributed by atoms with E-state index in [1.807, 2.05) is 0 Å². The molecule has 1 atom stereocenters. The molecule has 2 saturated carbocycles. The van der Waals surface area contributed by atoms with Crippen molar-refractivity contribution in [3.05, 3.63) is 0 Å². The molecule has 15 heavy (non-hydrogen) atoms. The van der Waals surface area contributed by atoms with Crippen LogP contribution in [0.1, 0.15) is 45.4 Å². The topological polar surface area (TPSA) is 29.3 Å². The molecule has 88 valence electrons. The van der Waals surface area contributed by atoms with Crippen LogP contribution in [0.5, 0.6) is 0 Å². The van der Waals surface area contributed by atoms with Crippen LogP contribution in [0.2, 0.25) is 0 Å². The lowest BCUT2D eigenvalue weighted by Gasteiger charge is -2.34. The van der Waals surface area contributed by atoms with Gasteiger partial charge in [0, 0.05) is 19.1 Å². The molecule has 0 radical (unpaired) electrons. The fourth-order valence-corrected chi connectivity index (χ4v) is 3.11. The SMILES string of the molecule is CCN(CC1CC1)C(CN)C1CCCC1. The number of nitrogens with two attached hydrogens (primary N) is 1. The molecule has 0 saturated heterocycles. The zero-order valence-electron chi connectivity index (χ0n) is 10.1. The van der Waals surface area contributed by atoms with Gasteiger partial charge >= 0.3 is 0 Å². The van der Waals surface area contributed by atoms with Crippen LogP contribution in [0.15, 0.2) is 0 Å². The number of hydrogen-bond acceptors (Lipinski definition) is 2. The minimum absolute atomic E-state index is 0.679. The molecule has 2 aliphatic carbocycles. The highest BCUT2D eigenvalue weighted by Gasteiger charge is 2.31. The summed E-state index contributed by atoms with van der Waals surface area (Å²) in [5.74, 6) is 1.90. The average molecular weight is 210 g/mol. The number of rotatable bonds is 6. The third kappa shape index (κ3) is 2.94. The Bertz CT molecular complexity index is 183. The molecule has 2 aliphatic rings. The highest BCUT2D eigenvalue weighted by Crippen LogP contribution is 2.34. The second-order valence-corrected chi connectivity index (χ2v) is 5.38. The van der Waals surface area contributed by atoms with E-state index in [1.54, 1.807) is 0 Å². The normalized spacial score (nSPS) is 25.0. The maximum Gasteiger partial charge on any atom is 0.0246 e. The summed E-state index contributed by atoms with van der Waals surface area (Å²) in [5.41, 5.74) is 5.98. The van der Waals surface area contributed by atoms with Gasteiger partial charge in [-0.1, -0.05) is 19.8 Å². The average Bonchev–Trinajstić information content (AvgIpc) is 2.91. The first-order valence-corrected chi connectivity index (χ1v) is 6.79. The lowest BCUT2D eigenvalue weighted by molar-refractivity contribution is 0.148. The Morgan fingerprint density at radius 3 is 2.33 bits per heavy atom. The Balaban J connectivity index is 1.88. The largest absolute Gasteiger partial charge is 0.329 e. The highest BCUT2D eigenvalue weighted by molar-refractivity contribution is 4.86. The van der Waals surface area contributed by atoms with Gasteiger partial charge in [-0.15, -0.1) is 0 Å². The van der Waals surface area contributed by atoms with Gasteiger partial charge in [0.25, 0.3) is 0 Å². The predicted octanol–water partition coefficient (Wildman–Crippen LogP) is 2.24. The van der Waals surface area contributed by atoms with E-state index < -0.39 is 0 Å². The minimum atomic E-state index is 0.679. The van der Waals surface area contributed by atoms with Gasteiger partial charge in [0.2, 0.25) is 0 Å². The number of nitrogens with zero attached hydrogens (tertiary/aromatic N) is 1. The van der Waals surface area contributed by atoms with Crippen molar-refractivity contribution in [1.29, 1.82) is 0 Å². The quantitative estimate of drug-likeness (QED) is 0.728. The van der Waals surface area contributed by atoms with Gasteiger partial charge in [0.05, 0.1) is 0 Å². The second-order valence-electron chi connectivity index (χ2n) is 5.38. The van der Waals surface area contributed by atoms with E-state index in [4.69, 9.17) is 5.73 Å². The Labute approximate surface area is 94.2 Å². The van der Waals surface area contributed by atoms with E-state index in [1.165, 1.54) is 51.6 Å². The fraction of sp³-hybridized carbons (Fsp3) is 1.00. The van der Waals surface area contributed by atoms with Crippen LogP contribution in [-0.2, 0) is 0 Å². The molecular weight excluding hydrogens is 184 g/mol. The first-order valence-electron chi connectivity index (χ1n) is 6.79. The summed E-state index contributed by atoms with van der Waals surface area (Å²) in [4.78, 5) is 2.66.